The quantitative estimate of drug-likeness (QED) is 0.0262. The number of hydrogen-bond acceptors (Lipinski definition) is 6. The zero-order chi connectivity index (χ0) is 48.6. The van der Waals surface area contributed by atoms with Crippen molar-refractivity contribution in [1.29, 1.82) is 0 Å². The molecule has 0 aromatic rings. The lowest BCUT2D eigenvalue weighted by Crippen LogP contribution is -2.30. The van der Waals surface area contributed by atoms with Gasteiger partial charge in [-0.15, -0.1) is 0 Å². The van der Waals surface area contributed by atoms with Gasteiger partial charge in [0.15, 0.2) is 6.10 Å². The van der Waals surface area contributed by atoms with Crippen molar-refractivity contribution in [3.8, 4) is 0 Å². The minimum atomic E-state index is -0.786. The van der Waals surface area contributed by atoms with E-state index in [1.807, 2.05) is 0 Å². The summed E-state index contributed by atoms with van der Waals surface area (Å²) >= 11 is 0. The molecule has 6 heteroatoms. The van der Waals surface area contributed by atoms with Gasteiger partial charge in [0.2, 0.25) is 0 Å². The van der Waals surface area contributed by atoms with Crippen molar-refractivity contribution in [3.63, 3.8) is 0 Å². The normalized spacial score (nSPS) is 12.7. The Bertz CT molecular complexity index is 1300. The van der Waals surface area contributed by atoms with E-state index in [0.717, 1.165) is 109 Å². The summed E-state index contributed by atoms with van der Waals surface area (Å²) in [7, 11) is 0. The lowest BCUT2D eigenvalue weighted by molar-refractivity contribution is -0.167. The average Bonchev–Trinajstić information content (AvgIpc) is 3.33. The summed E-state index contributed by atoms with van der Waals surface area (Å²) in [6.07, 6.45) is 71.6. The Hall–Kier alpha value is -3.41. The maximum atomic E-state index is 12.8. The van der Waals surface area contributed by atoms with Crippen LogP contribution in [0.4, 0.5) is 0 Å². The van der Waals surface area contributed by atoms with Gasteiger partial charge in [-0.05, 0) is 77.0 Å². The Balaban J connectivity index is 4.27. The molecule has 0 aromatic heterocycles. The van der Waals surface area contributed by atoms with Gasteiger partial charge in [0.05, 0.1) is 0 Å². The molecule has 0 amide bonds. The van der Waals surface area contributed by atoms with Crippen molar-refractivity contribution in [3.05, 3.63) is 85.1 Å². The zero-order valence-corrected chi connectivity index (χ0v) is 43.9. The first-order valence-corrected chi connectivity index (χ1v) is 28.1. The maximum absolute atomic E-state index is 12.8. The summed E-state index contributed by atoms with van der Waals surface area (Å²) < 4.78 is 16.7. The minimum absolute atomic E-state index is 0.0850. The third-order valence-corrected chi connectivity index (χ3v) is 11.9. The molecule has 0 saturated carbocycles. The molecule has 6 nitrogen and oxygen atoms in total. The number of allylic oxidation sites excluding steroid dienone is 14. The first-order chi connectivity index (χ1) is 33.0. The molecule has 0 fully saturated rings. The Labute approximate surface area is 414 Å². The highest BCUT2D eigenvalue weighted by Gasteiger charge is 2.19. The molecule has 0 aliphatic rings. The van der Waals surface area contributed by atoms with E-state index in [1.165, 1.54) is 116 Å². The molecular formula is C61H104O6. The van der Waals surface area contributed by atoms with Crippen molar-refractivity contribution in [1.82, 2.24) is 0 Å². The fourth-order valence-electron chi connectivity index (χ4n) is 7.72. The molecule has 0 saturated heterocycles. The van der Waals surface area contributed by atoms with Crippen LogP contribution >= 0.6 is 0 Å². The number of hydrogen-bond donors (Lipinski definition) is 0. The second-order valence-electron chi connectivity index (χ2n) is 18.5. The van der Waals surface area contributed by atoms with Gasteiger partial charge in [-0.25, -0.2) is 0 Å². The van der Waals surface area contributed by atoms with Crippen LogP contribution in [0.3, 0.4) is 0 Å². The summed E-state index contributed by atoms with van der Waals surface area (Å²) in [6, 6.07) is 0. The van der Waals surface area contributed by atoms with Crippen molar-refractivity contribution >= 4 is 17.9 Å². The summed E-state index contributed by atoms with van der Waals surface area (Å²) in [6.45, 7) is 6.47. The monoisotopic (exact) mass is 933 g/mol. The second kappa shape index (κ2) is 55.2. The fraction of sp³-hybridized carbons (Fsp3) is 0.721. The Kier molecular flexibility index (Phi) is 52.4. The standard InChI is InChI=1S/C61H104O6/c1-4-7-10-13-16-18-20-22-24-26-27-28-29-30-31-32-33-35-36-38-40-42-45-48-51-54-60(63)66-57-58(56-65-59(62)53-50-47-44-15-12-9-6-3)67-61(64)55-52-49-46-43-41-39-37-34-25-23-21-19-17-14-11-8-5-2/h7,10,16,18,22,24,27-28,30-31,33,35,38,40,58H,4-6,8-9,11-15,17,19-21,23,25-26,29,32,34,36-37,39,41-57H2,1-3H3/b10-7-,18-16-,24-22-,28-27-,31-30-,35-33-,40-38-. The lowest BCUT2D eigenvalue weighted by atomic mass is 10.0. The van der Waals surface area contributed by atoms with Crippen LogP contribution in [0.25, 0.3) is 0 Å². The maximum Gasteiger partial charge on any atom is 0.306 e. The highest BCUT2D eigenvalue weighted by Crippen LogP contribution is 2.16. The Morgan fingerprint density at radius 1 is 0.313 bits per heavy atom. The van der Waals surface area contributed by atoms with E-state index >= 15 is 0 Å². The smallest absolute Gasteiger partial charge is 0.306 e. The van der Waals surface area contributed by atoms with Crippen molar-refractivity contribution < 1.29 is 28.6 Å². The molecule has 0 heterocycles. The molecule has 0 aromatic carbocycles. The van der Waals surface area contributed by atoms with Crippen LogP contribution in [0, 0.1) is 0 Å². The van der Waals surface area contributed by atoms with E-state index in [-0.39, 0.29) is 31.1 Å². The van der Waals surface area contributed by atoms with E-state index in [2.05, 4.69) is 106 Å². The highest BCUT2D eigenvalue weighted by atomic mass is 16.6. The molecule has 0 aliphatic heterocycles. The lowest BCUT2D eigenvalue weighted by Gasteiger charge is -2.18. The highest BCUT2D eigenvalue weighted by molar-refractivity contribution is 5.71. The summed E-state index contributed by atoms with van der Waals surface area (Å²) in [5, 5.41) is 0. The summed E-state index contributed by atoms with van der Waals surface area (Å²) in [5.41, 5.74) is 0. The molecule has 0 rings (SSSR count). The summed E-state index contributed by atoms with van der Waals surface area (Å²) in [5.74, 6) is -0.920. The third kappa shape index (κ3) is 53.4. The van der Waals surface area contributed by atoms with Gasteiger partial charge in [-0.3, -0.25) is 14.4 Å². The van der Waals surface area contributed by atoms with Crippen LogP contribution < -0.4 is 0 Å². The molecule has 1 atom stereocenters. The largest absolute Gasteiger partial charge is 0.462 e. The number of esters is 3. The van der Waals surface area contributed by atoms with E-state index in [4.69, 9.17) is 14.2 Å². The second-order valence-corrected chi connectivity index (χ2v) is 18.5. The van der Waals surface area contributed by atoms with Crippen LogP contribution in [0.2, 0.25) is 0 Å². The van der Waals surface area contributed by atoms with Crippen LogP contribution in [0.5, 0.6) is 0 Å². The molecular weight excluding hydrogens is 829 g/mol. The van der Waals surface area contributed by atoms with E-state index in [0.29, 0.717) is 19.3 Å². The van der Waals surface area contributed by atoms with Gasteiger partial charge in [0.25, 0.3) is 0 Å². The van der Waals surface area contributed by atoms with Crippen LogP contribution in [0.1, 0.15) is 265 Å². The third-order valence-electron chi connectivity index (χ3n) is 11.9. The minimum Gasteiger partial charge on any atom is -0.462 e. The topological polar surface area (TPSA) is 78.9 Å². The van der Waals surface area contributed by atoms with Gasteiger partial charge < -0.3 is 14.2 Å². The Morgan fingerprint density at radius 2 is 0.582 bits per heavy atom. The molecule has 0 aliphatic carbocycles. The van der Waals surface area contributed by atoms with Gasteiger partial charge in [0, 0.05) is 19.3 Å². The number of rotatable bonds is 50. The van der Waals surface area contributed by atoms with Crippen LogP contribution in [-0.2, 0) is 28.6 Å². The van der Waals surface area contributed by atoms with E-state index < -0.39 is 6.10 Å². The van der Waals surface area contributed by atoms with Crippen molar-refractivity contribution in [2.45, 2.75) is 271 Å². The average molecular weight is 933 g/mol. The molecule has 67 heavy (non-hydrogen) atoms. The predicted octanol–water partition coefficient (Wildman–Crippen LogP) is 18.8. The van der Waals surface area contributed by atoms with Gasteiger partial charge in [-0.1, -0.05) is 254 Å². The van der Waals surface area contributed by atoms with E-state index in [9.17, 15) is 14.4 Å². The van der Waals surface area contributed by atoms with Crippen molar-refractivity contribution in [2.24, 2.45) is 0 Å². The molecule has 0 bridgehead atoms. The molecule has 0 N–H and O–H groups in total. The van der Waals surface area contributed by atoms with E-state index in [1.54, 1.807) is 0 Å². The Morgan fingerprint density at radius 3 is 0.910 bits per heavy atom. The first-order valence-electron chi connectivity index (χ1n) is 28.1. The van der Waals surface area contributed by atoms with Crippen LogP contribution in [-0.4, -0.2) is 37.2 Å². The van der Waals surface area contributed by atoms with Crippen LogP contribution in [0.15, 0.2) is 85.1 Å². The molecule has 384 valence electrons. The number of unbranched alkanes of at least 4 members (excludes halogenated alkanes) is 25. The SMILES string of the molecule is CC/C=C\C/C=C\C/C=C\C/C=C\C/C=C\C/C=C\C/C=C\CCCCCC(=O)OCC(COC(=O)CCCCCCCCC)OC(=O)CCCCCCCCCCCCCCCCCCC. The molecule has 0 radical (unpaired) electrons. The predicted molar refractivity (Wildman–Crippen MR) is 288 cm³/mol. The molecule has 1 unspecified atom stereocenters. The van der Waals surface area contributed by atoms with Gasteiger partial charge >= 0.3 is 17.9 Å². The number of ether oxygens (including phenoxy) is 3. The summed E-state index contributed by atoms with van der Waals surface area (Å²) in [4.78, 5) is 37.9. The fourth-order valence-corrected chi connectivity index (χ4v) is 7.72. The first kappa shape index (κ1) is 63.6. The molecule has 0 spiro atoms. The van der Waals surface area contributed by atoms with Gasteiger partial charge in [-0.2, -0.15) is 0 Å². The van der Waals surface area contributed by atoms with Crippen molar-refractivity contribution in [2.75, 3.05) is 13.2 Å². The zero-order valence-electron chi connectivity index (χ0n) is 43.9. The number of carbonyl (C=O) groups is 3. The number of carbonyl (C=O) groups excluding carboxylic acids is 3. The van der Waals surface area contributed by atoms with Gasteiger partial charge in [0.1, 0.15) is 13.2 Å².